The van der Waals surface area contributed by atoms with Gasteiger partial charge in [-0.1, -0.05) is 0 Å². The van der Waals surface area contributed by atoms with Crippen LogP contribution in [0.1, 0.15) is 13.8 Å². The van der Waals surface area contributed by atoms with E-state index in [1.807, 2.05) is 13.8 Å². The van der Waals surface area contributed by atoms with Crippen molar-refractivity contribution in [2.24, 2.45) is 0 Å². The normalized spacial score (nSPS) is 24.0. The minimum Gasteiger partial charge on any atom is -0.480 e. The minimum absolute atomic E-state index is 0.0208. The van der Waals surface area contributed by atoms with Gasteiger partial charge in [-0.25, -0.2) is 0 Å². The van der Waals surface area contributed by atoms with Crippen molar-refractivity contribution in [3.63, 3.8) is 0 Å². The molecule has 0 aromatic rings. The first kappa shape index (κ1) is 11.0. The summed E-state index contributed by atoms with van der Waals surface area (Å²) in [5.74, 6) is -0.859. The average Bonchev–Trinajstić information content (AvgIpc) is 2.01. The number of piperazine rings is 1. The van der Waals surface area contributed by atoms with Crippen molar-refractivity contribution >= 4 is 11.9 Å². The van der Waals surface area contributed by atoms with E-state index in [1.54, 1.807) is 9.80 Å². The average molecular weight is 200 g/mol. The van der Waals surface area contributed by atoms with E-state index in [0.29, 0.717) is 13.1 Å². The number of hydrogen-bond donors (Lipinski definition) is 1. The van der Waals surface area contributed by atoms with E-state index < -0.39 is 5.97 Å². The van der Waals surface area contributed by atoms with Gasteiger partial charge in [-0.3, -0.25) is 14.5 Å². The molecule has 1 fully saturated rings. The molecule has 1 aliphatic rings. The van der Waals surface area contributed by atoms with Crippen molar-refractivity contribution in [2.75, 3.05) is 26.2 Å². The Kier molecular flexibility index (Phi) is 3.46. The summed E-state index contributed by atoms with van der Waals surface area (Å²) in [6.07, 6.45) is 0. The quantitative estimate of drug-likeness (QED) is 0.675. The van der Waals surface area contributed by atoms with Crippen molar-refractivity contribution in [1.82, 2.24) is 9.80 Å². The number of carbonyl (C=O) groups is 2. The fourth-order valence-electron chi connectivity index (χ4n) is 1.86. The summed E-state index contributed by atoms with van der Waals surface area (Å²) < 4.78 is 0. The number of nitrogens with zero attached hydrogens (tertiary/aromatic N) is 2. The highest BCUT2D eigenvalue weighted by molar-refractivity contribution is 5.80. The van der Waals surface area contributed by atoms with Gasteiger partial charge in [0.15, 0.2) is 0 Å². The number of likely N-dealkylation sites (N-methyl/N-ethyl adjacent to an activating group) is 1. The Morgan fingerprint density at radius 1 is 1.64 bits per heavy atom. The molecule has 14 heavy (non-hydrogen) atoms. The van der Waals surface area contributed by atoms with Gasteiger partial charge in [0, 0.05) is 19.1 Å². The van der Waals surface area contributed by atoms with Crippen LogP contribution in [0.25, 0.3) is 0 Å². The fraction of sp³-hybridized carbons (Fsp3) is 0.778. The van der Waals surface area contributed by atoms with Gasteiger partial charge in [0.1, 0.15) is 0 Å². The van der Waals surface area contributed by atoms with Gasteiger partial charge in [0.05, 0.1) is 13.1 Å². The molecule has 0 saturated carbocycles. The molecule has 1 saturated heterocycles. The van der Waals surface area contributed by atoms with Gasteiger partial charge >= 0.3 is 5.97 Å². The van der Waals surface area contributed by atoms with Gasteiger partial charge in [-0.05, 0) is 13.8 Å². The molecule has 0 radical (unpaired) electrons. The van der Waals surface area contributed by atoms with Crippen LogP contribution < -0.4 is 0 Å². The molecule has 1 atom stereocenters. The van der Waals surface area contributed by atoms with Crippen LogP contribution in [0, 0.1) is 0 Å². The van der Waals surface area contributed by atoms with E-state index in [2.05, 4.69) is 0 Å². The van der Waals surface area contributed by atoms with E-state index in [9.17, 15) is 9.59 Å². The van der Waals surface area contributed by atoms with Crippen LogP contribution in [0.5, 0.6) is 0 Å². The Bertz CT molecular complexity index is 242. The first-order valence-corrected chi connectivity index (χ1v) is 4.78. The maximum absolute atomic E-state index is 11.5. The van der Waals surface area contributed by atoms with Crippen LogP contribution in [-0.2, 0) is 9.59 Å². The Labute approximate surface area is 83.3 Å². The van der Waals surface area contributed by atoms with Gasteiger partial charge in [-0.2, -0.15) is 0 Å². The van der Waals surface area contributed by atoms with Crippen LogP contribution in [0.4, 0.5) is 0 Å². The molecule has 1 heterocycles. The summed E-state index contributed by atoms with van der Waals surface area (Å²) in [7, 11) is 0. The zero-order valence-electron chi connectivity index (χ0n) is 8.56. The van der Waals surface area contributed by atoms with E-state index in [4.69, 9.17) is 5.11 Å². The zero-order valence-corrected chi connectivity index (χ0v) is 8.56. The van der Waals surface area contributed by atoms with Gasteiger partial charge in [0.25, 0.3) is 0 Å². The summed E-state index contributed by atoms with van der Waals surface area (Å²) in [5.41, 5.74) is 0. The van der Waals surface area contributed by atoms with Crippen LogP contribution in [-0.4, -0.2) is 59.0 Å². The molecule has 80 valence electrons. The third-order valence-electron chi connectivity index (χ3n) is 2.43. The Balaban J connectivity index is 2.56. The summed E-state index contributed by atoms with van der Waals surface area (Å²) >= 11 is 0. The van der Waals surface area contributed by atoms with E-state index in [-0.39, 0.29) is 25.0 Å². The molecule has 1 amide bonds. The van der Waals surface area contributed by atoms with Gasteiger partial charge in [0.2, 0.25) is 5.91 Å². The molecular weight excluding hydrogens is 184 g/mol. The number of carboxylic acids is 1. The number of carbonyl (C=O) groups excluding carboxylic acids is 1. The molecule has 1 rings (SSSR count). The smallest absolute Gasteiger partial charge is 0.317 e. The van der Waals surface area contributed by atoms with Gasteiger partial charge in [-0.15, -0.1) is 0 Å². The Morgan fingerprint density at radius 2 is 2.29 bits per heavy atom. The number of carboxylic acid groups (broad SMARTS) is 1. The first-order valence-electron chi connectivity index (χ1n) is 4.78. The predicted octanol–water partition coefficient (Wildman–Crippen LogP) is -0.376. The third-order valence-corrected chi connectivity index (χ3v) is 2.43. The molecule has 0 bridgehead atoms. The van der Waals surface area contributed by atoms with E-state index in [0.717, 1.165) is 0 Å². The first-order chi connectivity index (χ1) is 6.54. The lowest BCUT2D eigenvalue weighted by molar-refractivity contribution is -0.144. The molecular formula is C9H16N2O3. The maximum atomic E-state index is 11.5. The number of amides is 1. The second kappa shape index (κ2) is 4.41. The second-order valence-electron chi connectivity index (χ2n) is 3.59. The lowest BCUT2D eigenvalue weighted by atomic mass is 10.2. The van der Waals surface area contributed by atoms with Gasteiger partial charge < -0.3 is 10.0 Å². The van der Waals surface area contributed by atoms with Crippen molar-refractivity contribution in [2.45, 2.75) is 19.9 Å². The monoisotopic (exact) mass is 200 g/mol. The molecule has 0 spiro atoms. The zero-order chi connectivity index (χ0) is 10.7. The van der Waals surface area contributed by atoms with Crippen molar-refractivity contribution in [1.29, 1.82) is 0 Å². The Hall–Kier alpha value is -1.10. The largest absolute Gasteiger partial charge is 0.480 e. The SMILES string of the molecule is CCN1C(=O)CN(CC(=O)O)CC1C. The molecule has 0 aromatic heterocycles. The lowest BCUT2D eigenvalue weighted by Gasteiger charge is -2.38. The predicted molar refractivity (Wildman–Crippen MR) is 50.9 cm³/mol. The molecule has 1 N–H and O–H groups in total. The summed E-state index contributed by atoms with van der Waals surface area (Å²) in [6, 6.07) is 0.112. The van der Waals surface area contributed by atoms with Crippen molar-refractivity contribution in [3.8, 4) is 0 Å². The molecule has 5 nitrogen and oxygen atoms in total. The highest BCUT2D eigenvalue weighted by Crippen LogP contribution is 2.09. The standard InChI is InChI=1S/C9H16N2O3/c1-3-11-7(2)4-10(5-8(11)12)6-9(13)14/h7H,3-6H2,1-2H3,(H,13,14). The van der Waals surface area contributed by atoms with E-state index in [1.165, 1.54) is 0 Å². The number of aliphatic carboxylic acids is 1. The van der Waals surface area contributed by atoms with Crippen LogP contribution in [0.3, 0.4) is 0 Å². The van der Waals surface area contributed by atoms with Crippen LogP contribution in [0.15, 0.2) is 0 Å². The molecule has 5 heteroatoms. The topological polar surface area (TPSA) is 60.9 Å². The summed E-state index contributed by atoms with van der Waals surface area (Å²) in [5, 5.41) is 8.59. The summed E-state index contributed by atoms with van der Waals surface area (Å²) in [4.78, 5) is 25.4. The lowest BCUT2D eigenvalue weighted by Crippen LogP contribution is -2.55. The van der Waals surface area contributed by atoms with Crippen molar-refractivity contribution < 1.29 is 14.7 Å². The van der Waals surface area contributed by atoms with Crippen molar-refractivity contribution in [3.05, 3.63) is 0 Å². The Morgan fingerprint density at radius 3 is 2.71 bits per heavy atom. The molecule has 0 aromatic carbocycles. The van der Waals surface area contributed by atoms with Crippen LogP contribution in [0.2, 0.25) is 0 Å². The van der Waals surface area contributed by atoms with E-state index >= 15 is 0 Å². The molecule has 1 aliphatic heterocycles. The number of hydrogen-bond acceptors (Lipinski definition) is 3. The minimum atomic E-state index is -0.880. The third kappa shape index (κ3) is 2.45. The summed E-state index contributed by atoms with van der Waals surface area (Å²) in [6.45, 7) is 5.39. The highest BCUT2D eigenvalue weighted by Gasteiger charge is 2.29. The fourth-order valence-corrected chi connectivity index (χ4v) is 1.86. The maximum Gasteiger partial charge on any atom is 0.317 e. The highest BCUT2D eigenvalue weighted by atomic mass is 16.4. The molecule has 0 aliphatic carbocycles. The molecule has 1 unspecified atom stereocenters. The second-order valence-corrected chi connectivity index (χ2v) is 3.59. The van der Waals surface area contributed by atoms with Crippen LogP contribution >= 0.6 is 0 Å². The number of rotatable bonds is 3.